The van der Waals surface area contributed by atoms with Crippen molar-refractivity contribution in [2.45, 2.75) is 6.17 Å². The van der Waals surface area contributed by atoms with E-state index in [-0.39, 0.29) is 0 Å². The summed E-state index contributed by atoms with van der Waals surface area (Å²) in [5.41, 5.74) is 4.81. The number of rotatable bonds is 3. The molecule has 5 heteroatoms. The van der Waals surface area contributed by atoms with E-state index in [9.17, 15) is 0 Å². The van der Waals surface area contributed by atoms with Gasteiger partial charge in [0, 0.05) is 42.1 Å². The highest BCUT2D eigenvalue weighted by molar-refractivity contribution is 7.25. The summed E-state index contributed by atoms with van der Waals surface area (Å²) >= 11 is 1.82. The molecule has 7 aromatic carbocycles. The molecule has 9 aromatic rings. The molecule has 0 fully saturated rings. The second kappa shape index (κ2) is 9.86. The van der Waals surface area contributed by atoms with E-state index < -0.39 is 6.17 Å². The van der Waals surface area contributed by atoms with Gasteiger partial charge in [0.2, 0.25) is 0 Å². The third-order valence-electron chi connectivity index (χ3n) is 9.09. The van der Waals surface area contributed by atoms with Crippen LogP contribution in [0.2, 0.25) is 0 Å². The van der Waals surface area contributed by atoms with Gasteiger partial charge in [0.05, 0.1) is 0 Å². The van der Waals surface area contributed by atoms with Crippen LogP contribution in [0, 0.1) is 0 Å². The number of amidine groups is 2. The van der Waals surface area contributed by atoms with Gasteiger partial charge in [0.25, 0.3) is 0 Å². The summed E-state index contributed by atoms with van der Waals surface area (Å²) in [6, 6.07) is 49.1. The highest BCUT2D eigenvalue weighted by Crippen LogP contribution is 2.39. The quantitative estimate of drug-likeness (QED) is 0.217. The molecule has 1 aliphatic heterocycles. The van der Waals surface area contributed by atoms with E-state index in [1.165, 1.54) is 30.9 Å². The minimum absolute atomic E-state index is 0.432. The van der Waals surface area contributed by atoms with Gasteiger partial charge in [-0.2, -0.15) is 0 Å². The van der Waals surface area contributed by atoms with Crippen molar-refractivity contribution in [2.75, 3.05) is 0 Å². The second-order valence-electron chi connectivity index (χ2n) is 11.8. The molecule has 0 saturated carbocycles. The lowest BCUT2D eigenvalue weighted by Gasteiger charge is -2.24. The topological polar surface area (TPSA) is 49.9 Å². The van der Waals surface area contributed by atoms with E-state index in [1.54, 1.807) is 0 Å². The Hall–Kier alpha value is -5.78. The van der Waals surface area contributed by atoms with Crippen LogP contribution in [-0.4, -0.2) is 11.7 Å². The number of fused-ring (bicyclic) bond motifs is 8. The summed E-state index contributed by atoms with van der Waals surface area (Å²) in [6.45, 7) is 0. The molecule has 0 amide bonds. The van der Waals surface area contributed by atoms with Crippen molar-refractivity contribution in [3.05, 3.63) is 156 Å². The van der Waals surface area contributed by atoms with Gasteiger partial charge in [-0.3, -0.25) is 0 Å². The van der Waals surface area contributed by atoms with Gasteiger partial charge in [-0.15, -0.1) is 11.3 Å². The minimum atomic E-state index is -0.432. The van der Waals surface area contributed by atoms with Crippen molar-refractivity contribution in [1.29, 1.82) is 0 Å². The molecule has 0 aliphatic carbocycles. The monoisotopic (exact) mass is 607 g/mol. The Bertz CT molecular complexity index is 2750. The van der Waals surface area contributed by atoms with Crippen LogP contribution in [0.3, 0.4) is 0 Å². The normalized spacial score (nSPS) is 15.2. The Morgan fingerprint density at radius 3 is 2.15 bits per heavy atom. The molecular weight excluding hydrogens is 583 g/mol. The van der Waals surface area contributed by atoms with Crippen LogP contribution in [0.15, 0.2) is 154 Å². The fourth-order valence-electron chi connectivity index (χ4n) is 6.91. The second-order valence-corrected chi connectivity index (χ2v) is 12.9. The Morgan fingerprint density at radius 2 is 1.24 bits per heavy atom. The number of benzene rings is 7. The van der Waals surface area contributed by atoms with Gasteiger partial charge >= 0.3 is 0 Å². The number of furan rings is 1. The Kier molecular flexibility index (Phi) is 5.47. The fraction of sp³-hybridized carbons (Fsp3) is 0.0244. The maximum absolute atomic E-state index is 6.43. The van der Waals surface area contributed by atoms with Gasteiger partial charge in [0.1, 0.15) is 22.8 Å². The minimum Gasteiger partial charge on any atom is -0.456 e. The van der Waals surface area contributed by atoms with Gasteiger partial charge in [0.15, 0.2) is 6.17 Å². The largest absolute Gasteiger partial charge is 0.456 e. The van der Waals surface area contributed by atoms with E-state index in [2.05, 4.69) is 133 Å². The van der Waals surface area contributed by atoms with Crippen LogP contribution in [0.4, 0.5) is 0 Å². The molecule has 46 heavy (non-hydrogen) atoms. The first kappa shape index (κ1) is 25.5. The summed E-state index contributed by atoms with van der Waals surface area (Å²) in [5, 5.41) is 12.9. The smallest absolute Gasteiger partial charge is 0.169 e. The van der Waals surface area contributed by atoms with Gasteiger partial charge < -0.3 is 9.73 Å². The number of aliphatic imine (C=N–C) groups is 2. The highest BCUT2D eigenvalue weighted by Gasteiger charge is 2.26. The van der Waals surface area contributed by atoms with Gasteiger partial charge in [-0.05, 0) is 69.6 Å². The molecule has 0 bridgehead atoms. The lowest BCUT2D eigenvalue weighted by atomic mass is 9.96. The molecule has 1 aliphatic rings. The molecule has 216 valence electrons. The van der Waals surface area contributed by atoms with E-state index in [0.717, 1.165) is 61.1 Å². The third-order valence-corrected chi connectivity index (χ3v) is 10.2. The predicted molar refractivity (Wildman–Crippen MR) is 193 cm³/mol. The van der Waals surface area contributed by atoms with E-state index >= 15 is 0 Å². The van der Waals surface area contributed by atoms with Gasteiger partial charge in [-0.25, -0.2) is 9.98 Å². The SMILES string of the molecule is c1ccc2cc(C3N=C(c4ccc5sc6ccccc6c5c4)NC(c4c5ccccc5cc5oc6ccccc6c45)=N3)ccc2c1. The molecular formula is C41H25N3OS. The number of hydrogen-bond acceptors (Lipinski definition) is 5. The summed E-state index contributed by atoms with van der Waals surface area (Å²) < 4.78 is 8.98. The zero-order valence-electron chi connectivity index (χ0n) is 24.6. The average Bonchev–Trinajstić information content (AvgIpc) is 3.68. The predicted octanol–water partition coefficient (Wildman–Crippen LogP) is 10.8. The van der Waals surface area contributed by atoms with Crippen LogP contribution in [0.1, 0.15) is 22.9 Å². The van der Waals surface area contributed by atoms with Crippen LogP contribution in [0.5, 0.6) is 0 Å². The molecule has 2 aromatic heterocycles. The molecule has 0 spiro atoms. The lowest BCUT2D eigenvalue weighted by molar-refractivity contribution is 0.669. The molecule has 0 radical (unpaired) electrons. The number of thiophene rings is 1. The zero-order valence-corrected chi connectivity index (χ0v) is 25.4. The van der Waals surface area contributed by atoms with Crippen molar-refractivity contribution >= 4 is 86.7 Å². The molecule has 10 rings (SSSR count). The van der Waals surface area contributed by atoms with E-state index in [4.69, 9.17) is 14.4 Å². The van der Waals surface area contributed by atoms with Crippen molar-refractivity contribution in [1.82, 2.24) is 5.32 Å². The first-order valence-corrected chi connectivity index (χ1v) is 16.2. The first-order valence-electron chi connectivity index (χ1n) is 15.4. The summed E-state index contributed by atoms with van der Waals surface area (Å²) in [4.78, 5) is 10.7. The molecule has 3 heterocycles. The Morgan fingerprint density at radius 1 is 0.522 bits per heavy atom. The Labute approximate surface area is 267 Å². The van der Waals surface area contributed by atoms with E-state index in [0.29, 0.717) is 0 Å². The maximum Gasteiger partial charge on any atom is 0.169 e. The van der Waals surface area contributed by atoms with Crippen molar-refractivity contribution in [3.63, 3.8) is 0 Å². The maximum atomic E-state index is 6.43. The first-order chi connectivity index (χ1) is 22.8. The standard InChI is InChI=1S/C41H25N3OS/c1-2-10-25-21-27(18-17-24(25)9-1)39-42-40(28-19-20-36-32(22-28)30-13-6-8-16-35(30)46-36)44-41(43-39)38-29-12-4-3-11-26(29)23-34-37(38)31-14-5-7-15-33(31)45-34/h1-23,39H,(H,42,43,44). The van der Waals surface area contributed by atoms with Crippen LogP contribution < -0.4 is 5.32 Å². The summed E-state index contributed by atoms with van der Waals surface area (Å²) in [5.74, 6) is 1.58. The Balaban J connectivity index is 1.23. The molecule has 1 atom stereocenters. The van der Waals surface area contributed by atoms with Crippen LogP contribution >= 0.6 is 11.3 Å². The fourth-order valence-corrected chi connectivity index (χ4v) is 8.00. The summed E-state index contributed by atoms with van der Waals surface area (Å²) in [7, 11) is 0. The van der Waals surface area contributed by atoms with Crippen molar-refractivity contribution < 1.29 is 4.42 Å². The molecule has 1 N–H and O–H groups in total. The average molecular weight is 608 g/mol. The molecule has 1 unspecified atom stereocenters. The number of hydrogen-bond donors (Lipinski definition) is 1. The van der Waals surface area contributed by atoms with Crippen molar-refractivity contribution in [2.24, 2.45) is 9.98 Å². The third kappa shape index (κ3) is 3.92. The van der Waals surface area contributed by atoms with Crippen LogP contribution in [-0.2, 0) is 0 Å². The van der Waals surface area contributed by atoms with Crippen molar-refractivity contribution in [3.8, 4) is 0 Å². The number of para-hydroxylation sites is 1. The molecule has 4 nitrogen and oxygen atoms in total. The molecule has 0 saturated heterocycles. The van der Waals surface area contributed by atoms with Gasteiger partial charge in [-0.1, -0.05) is 97.1 Å². The zero-order chi connectivity index (χ0) is 30.2. The van der Waals surface area contributed by atoms with E-state index in [1.807, 2.05) is 23.5 Å². The highest BCUT2D eigenvalue weighted by atomic mass is 32.1. The lowest BCUT2D eigenvalue weighted by Crippen LogP contribution is -2.36. The number of nitrogens with zero attached hydrogens (tertiary/aromatic N) is 2. The number of nitrogens with one attached hydrogen (secondary N) is 1. The van der Waals surface area contributed by atoms with Crippen LogP contribution in [0.25, 0.3) is 63.7 Å². The summed E-state index contributed by atoms with van der Waals surface area (Å²) in [6.07, 6.45) is -0.432.